The Hall–Kier alpha value is -1.53. The average Bonchev–Trinajstić information content (AvgIpc) is 3.09. The molecule has 0 amide bonds. The van der Waals surface area contributed by atoms with Crippen LogP contribution in [-0.4, -0.2) is 57.7 Å². The molecule has 0 radical (unpaired) electrons. The molecule has 1 aromatic carbocycles. The molecular weight excluding hydrogens is 358 g/mol. The Morgan fingerprint density at radius 1 is 1.18 bits per heavy atom. The highest BCUT2D eigenvalue weighted by atomic mass is 19.1. The lowest BCUT2D eigenvalue weighted by molar-refractivity contribution is -0.0877. The first kappa shape index (κ1) is 18.5. The number of H-pyrrole nitrogens is 1. The first-order chi connectivity index (χ1) is 13.6. The molecule has 2 aromatic rings. The molecule has 6 rings (SSSR count). The number of alkyl halides is 1. The molecule has 3 saturated heterocycles. The van der Waals surface area contributed by atoms with Gasteiger partial charge in [-0.25, -0.2) is 13.8 Å². The Kier molecular flexibility index (Phi) is 4.87. The Morgan fingerprint density at radius 2 is 1.93 bits per heavy atom. The summed E-state index contributed by atoms with van der Waals surface area (Å²) in [5.74, 6) is 0.946. The Balaban J connectivity index is 1.19. The van der Waals surface area contributed by atoms with Crippen LogP contribution in [0.1, 0.15) is 49.9 Å². The monoisotopic (exact) mass is 388 g/mol. The number of fused-ring (bicyclic) bond motifs is 3. The van der Waals surface area contributed by atoms with Crippen molar-refractivity contribution in [2.75, 3.05) is 19.6 Å². The Morgan fingerprint density at radius 3 is 2.68 bits per heavy atom. The number of hydrogen-bond donors (Lipinski definition) is 1. The van der Waals surface area contributed by atoms with Crippen molar-refractivity contribution in [3.63, 3.8) is 0 Å². The number of piperidine rings is 1. The van der Waals surface area contributed by atoms with Crippen LogP contribution in [0.5, 0.6) is 0 Å². The van der Waals surface area contributed by atoms with Crippen molar-refractivity contribution in [3.05, 3.63) is 29.3 Å². The molecule has 1 aromatic heterocycles. The number of piperazine rings is 1. The highest BCUT2D eigenvalue weighted by Crippen LogP contribution is 2.36. The first-order valence-electron chi connectivity index (χ1n) is 10.8. The van der Waals surface area contributed by atoms with Crippen molar-refractivity contribution in [1.29, 1.82) is 0 Å². The molecule has 3 atom stereocenters. The predicted molar refractivity (Wildman–Crippen MR) is 106 cm³/mol. The molecule has 2 bridgehead atoms. The SMILES string of the molecule is Cc1cc(F)cc2[nH]c(CN3CC4CC(C3)N4CC(F)C3CCCCC3)nc12. The molecule has 3 unspecified atom stereocenters. The molecule has 1 saturated carbocycles. The highest BCUT2D eigenvalue weighted by Gasteiger charge is 2.45. The molecule has 28 heavy (non-hydrogen) atoms. The van der Waals surface area contributed by atoms with Crippen molar-refractivity contribution >= 4 is 11.0 Å². The largest absolute Gasteiger partial charge is 0.341 e. The van der Waals surface area contributed by atoms with E-state index in [4.69, 9.17) is 0 Å². The van der Waals surface area contributed by atoms with Crippen LogP contribution in [0.25, 0.3) is 11.0 Å². The molecular formula is C22H30F2N4. The van der Waals surface area contributed by atoms with Gasteiger partial charge in [-0.2, -0.15) is 0 Å². The zero-order chi connectivity index (χ0) is 19.3. The Labute approximate surface area is 165 Å². The van der Waals surface area contributed by atoms with Gasteiger partial charge in [0.25, 0.3) is 0 Å². The van der Waals surface area contributed by atoms with Crippen LogP contribution in [0, 0.1) is 18.7 Å². The lowest BCUT2D eigenvalue weighted by Crippen LogP contribution is -2.69. The number of halogens is 2. The van der Waals surface area contributed by atoms with Crippen LogP contribution >= 0.6 is 0 Å². The number of nitrogens with one attached hydrogen (secondary N) is 1. The van der Waals surface area contributed by atoms with Crippen LogP contribution in [-0.2, 0) is 6.54 Å². The van der Waals surface area contributed by atoms with Gasteiger partial charge in [-0.15, -0.1) is 0 Å². The van der Waals surface area contributed by atoms with Crippen LogP contribution in [0.15, 0.2) is 12.1 Å². The predicted octanol–water partition coefficient (Wildman–Crippen LogP) is 4.19. The fourth-order valence-corrected chi connectivity index (χ4v) is 5.63. The summed E-state index contributed by atoms with van der Waals surface area (Å²) in [6.45, 7) is 5.20. The van der Waals surface area contributed by atoms with Crippen LogP contribution in [0.2, 0.25) is 0 Å². The van der Waals surface area contributed by atoms with Crippen LogP contribution in [0.3, 0.4) is 0 Å². The quantitative estimate of drug-likeness (QED) is 0.834. The van der Waals surface area contributed by atoms with Gasteiger partial charge in [0.2, 0.25) is 0 Å². The maximum absolute atomic E-state index is 14.8. The van der Waals surface area contributed by atoms with E-state index in [9.17, 15) is 8.78 Å². The van der Waals surface area contributed by atoms with E-state index in [0.29, 0.717) is 18.6 Å². The fourth-order valence-electron chi connectivity index (χ4n) is 5.63. The fraction of sp³-hybridized carbons (Fsp3) is 0.682. The summed E-state index contributed by atoms with van der Waals surface area (Å²) in [6, 6.07) is 4.00. The van der Waals surface area contributed by atoms with Crippen molar-refractivity contribution in [2.24, 2.45) is 5.92 Å². The summed E-state index contributed by atoms with van der Waals surface area (Å²) in [7, 11) is 0. The summed E-state index contributed by atoms with van der Waals surface area (Å²) < 4.78 is 28.4. The molecule has 4 aliphatic rings. The summed E-state index contributed by atoms with van der Waals surface area (Å²) >= 11 is 0. The van der Waals surface area contributed by atoms with E-state index < -0.39 is 6.17 Å². The molecule has 1 aliphatic carbocycles. The maximum Gasteiger partial charge on any atom is 0.125 e. The lowest BCUT2D eigenvalue weighted by Gasteiger charge is -2.57. The van der Waals surface area contributed by atoms with Gasteiger partial charge in [-0.05, 0) is 49.8 Å². The van der Waals surface area contributed by atoms with Crippen LogP contribution in [0.4, 0.5) is 8.78 Å². The van der Waals surface area contributed by atoms with E-state index in [0.717, 1.165) is 54.9 Å². The van der Waals surface area contributed by atoms with Gasteiger partial charge in [-0.3, -0.25) is 9.80 Å². The number of rotatable bonds is 5. The molecule has 4 nitrogen and oxygen atoms in total. The van der Waals surface area contributed by atoms with Crippen molar-refractivity contribution in [2.45, 2.75) is 70.2 Å². The van der Waals surface area contributed by atoms with E-state index in [1.54, 1.807) is 0 Å². The first-order valence-corrected chi connectivity index (χ1v) is 10.8. The third-order valence-electron chi connectivity index (χ3n) is 7.13. The molecule has 152 valence electrons. The van der Waals surface area contributed by atoms with Gasteiger partial charge in [0.1, 0.15) is 17.8 Å². The number of nitrogens with zero attached hydrogens (tertiary/aromatic N) is 3. The smallest absolute Gasteiger partial charge is 0.125 e. The molecule has 0 spiro atoms. The average molecular weight is 389 g/mol. The molecule has 3 aliphatic heterocycles. The number of aromatic amines is 1. The standard InChI is InChI=1S/C22H30F2N4/c1-14-7-16(23)8-20-22(14)26-21(25-20)13-27-10-17-9-18(11-27)28(17)12-19(24)15-5-3-2-4-6-15/h7-8,15,17-19H,2-6,9-13H2,1H3,(H,25,26). The van der Waals surface area contributed by atoms with Gasteiger partial charge < -0.3 is 4.98 Å². The number of hydrogen-bond acceptors (Lipinski definition) is 3. The van der Waals surface area contributed by atoms with E-state index >= 15 is 0 Å². The summed E-state index contributed by atoms with van der Waals surface area (Å²) in [5.41, 5.74) is 2.49. The molecule has 1 N–H and O–H groups in total. The summed E-state index contributed by atoms with van der Waals surface area (Å²) in [6.07, 6.45) is 6.36. The number of benzene rings is 1. The normalized spacial score (nSPS) is 27.8. The second kappa shape index (κ2) is 7.38. The summed E-state index contributed by atoms with van der Waals surface area (Å²) in [5, 5.41) is 0. The van der Waals surface area contributed by atoms with Crippen molar-refractivity contribution in [3.8, 4) is 0 Å². The second-order valence-electron chi connectivity index (χ2n) is 9.15. The third-order valence-corrected chi connectivity index (χ3v) is 7.13. The Bertz CT molecular complexity index is 832. The summed E-state index contributed by atoms with van der Waals surface area (Å²) in [4.78, 5) is 12.8. The maximum atomic E-state index is 14.8. The van der Waals surface area contributed by atoms with E-state index in [-0.39, 0.29) is 11.7 Å². The van der Waals surface area contributed by atoms with Gasteiger partial charge in [0.15, 0.2) is 0 Å². The molecule has 6 heteroatoms. The number of imidazole rings is 1. The van der Waals surface area contributed by atoms with Gasteiger partial charge >= 0.3 is 0 Å². The minimum absolute atomic E-state index is 0.228. The van der Waals surface area contributed by atoms with E-state index in [1.165, 1.54) is 37.8 Å². The number of aromatic nitrogens is 2. The van der Waals surface area contributed by atoms with Crippen molar-refractivity contribution < 1.29 is 8.78 Å². The van der Waals surface area contributed by atoms with Crippen LogP contribution < -0.4 is 0 Å². The molecule has 4 heterocycles. The third kappa shape index (κ3) is 3.45. The van der Waals surface area contributed by atoms with E-state index in [1.807, 2.05) is 6.92 Å². The topological polar surface area (TPSA) is 35.2 Å². The zero-order valence-electron chi connectivity index (χ0n) is 16.6. The van der Waals surface area contributed by atoms with Gasteiger partial charge in [0.05, 0.1) is 17.6 Å². The minimum atomic E-state index is -0.662. The van der Waals surface area contributed by atoms with Gasteiger partial charge in [0, 0.05) is 31.7 Å². The second-order valence-corrected chi connectivity index (χ2v) is 9.15. The van der Waals surface area contributed by atoms with E-state index in [2.05, 4.69) is 19.8 Å². The molecule has 4 fully saturated rings. The number of aryl methyl sites for hydroxylation is 1. The lowest BCUT2D eigenvalue weighted by atomic mass is 9.83. The highest BCUT2D eigenvalue weighted by molar-refractivity contribution is 5.78. The minimum Gasteiger partial charge on any atom is -0.341 e. The van der Waals surface area contributed by atoms with Crippen molar-refractivity contribution in [1.82, 2.24) is 19.8 Å². The van der Waals surface area contributed by atoms with Gasteiger partial charge in [-0.1, -0.05) is 19.3 Å². The zero-order valence-corrected chi connectivity index (χ0v) is 16.6.